The SMILES string of the molecule is CCn1nc(C)cc1C(=O)Nc1nc2cc(C(N)=O)cc(OC)c2n1C/C=C/Cn1c(NC(=O)c2cc(C)nn2CC)nc2cc(C)cc(OCCCOP(O)O)c21. The molecule has 4 heterocycles. The van der Waals surface area contributed by atoms with Gasteiger partial charge in [0.15, 0.2) is 0 Å². The molecule has 58 heavy (non-hydrogen) atoms. The standard InChI is InChI=1S/C38H46N11O8P/c1-7-48-28(18-23(4)44-48)35(51)42-37-40-26-16-22(3)17-31(56-14-11-15-57-58(53)54)33(26)47(37)13-10-9-12-46-32-27(20-25(34(39)50)21-30(32)55-6)41-38(46)43-36(52)29-19-24(5)45-49(29)8-2/h9-10,16-21,53-54H,7-8,11-15H2,1-6H3,(H2,39,50)(H,40,42,51)(H,41,43,52)/b10-9+. The van der Waals surface area contributed by atoms with Gasteiger partial charge in [-0.05, 0) is 76.6 Å². The van der Waals surface area contributed by atoms with E-state index in [0.717, 1.165) is 5.56 Å². The molecule has 20 heteroatoms. The average molecular weight is 816 g/mol. The number of hydrogen-bond donors (Lipinski definition) is 5. The first-order chi connectivity index (χ1) is 27.8. The van der Waals surface area contributed by atoms with Crippen LogP contribution in [0.1, 0.15) is 68.6 Å². The molecule has 4 aromatic heterocycles. The van der Waals surface area contributed by atoms with Crippen LogP contribution in [0.15, 0.2) is 48.6 Å². The number of aryl methyl sites for hydroxylation is 5. The van der Waals surface area contributed by atoms with Crippen LogP contribution in [0.25, 0.3) is 22.1 Å². The number of nitrogens with one attached hydrogen (secondary N) is 2. The second-order valence-corrected chi connectivity index (χ2v) is 14.0. The molecule has 0 aliphatic carbocycles. The number of primary amides is 1. The molecule has 0 spiro atoms. The predicted molar refractivity (Wildman–Crippen MR) is 217 cm³/mol. The second kappa shape index (κ2) is 18.0. The van der Waals surface area contributed by atoms with E-state index in [-0.39, 0.29) is 43.8 Å². The fourth-order valence-electron chi connectivity index (χ4n) is 6.57. The Kier molecular flexibility index (Phi) is 12.9. The number of aromatic nitrogens is 8. The van der Waals surface area contributed by atoms with Crippen LogP contribution in [0, 0.1) is 20.8 Å². The van der Waals surface area contributed by atoms with E-state index in [4.69, 9.17) is 34.5 Å². The molecule has 0 saturated heterocycles. The molecule has 6 aromatic rings. The highest BCUT2D eigenvalue weighted by atomic mass is 31.2. The van der Waals surface area contributed by atoms with Gasteiger partial charge in [-0.25, -0.2) is 9.97 Å². The Labute approximate surface area is 334 Å². The Morgan fingerprint density at radius 2 is 1.31 bits per heavy atom. The quantitative estimate of drug-likeness (QED) is 0.0454. The van der Waals surface area contributed by atoms with Gasteiger partial charge in [0.1, 0.15) is 33.9 Å². The van der Waals surface area contributed by atoms with Gasteiger partial charge in [-0.2, -0.15) is 10.2 Å². The van der Waals surface area contributed by atoms with Gasteiger partial charge in [0.25, 0.3) is 11.8 Å². The highest BCUT2D eigenvalue weighted by molar-refractivity contribution is 7.39. The van der Waals surface area contributed by atoms with Crippen molar-refractivity contribution >= 4 is 60.3 Å². The third-order valence-corrected chi connectivity index (χ3v) is 9.49. The van der Waals surface area contributed by atoms with Crippen LogP contribution in [0.4, 0.5) is 11.9 Å². The molecule has 0 unspecified atom stereocenters. The Hall–Kier alpha value is -6.14. The molecular formula is C38H46N11O8P. The second-order valence-electron chi connectivity index (χ2n) is 13.3. The summed E-state index contributed by atoms with van der Waals surface area (Å²) in [5.41, 5.74) is 10.9. The third kappa shape index (κ3) is 9.02. The number of rotatable bonds is 18. The molecule has 0 fully saturated rings. The monoisotopic (exact) mass is 815 g/mol. The zero-order valence-corrected chi connectivity index (χ0v) is 33.9. The van der Waals surface area contributed by atoms with Gasteiger partial charge in [-0.1, -0.05) is 12.2 Å². The largest absolute Gasteiger partial charge is 0.494 e. The lowest BCUT2D eigenvalue weighted by molar-refractivity contribution is 0.0994. The summed E-state index contributed by atoms with van der Waals surface area (Å²) in [6.45, 7) is 11.0. The predicted octanol–water partition coefficient (Wildman–Crippen LogP) is 4.61. The fourth-order valence-corrected chi connectivity index (χ4v) is 6.86. The van der Waals surface area contributed by atoms with Crippen LogP contribution in [0.3, 0.4) is 0 Å². The Morgan fingerprint density at radius 1 is 0.776 bits per heavy atom. The van der Waals surface area contributed by atoms with Crippen LogP contribution >= 0.6 is 8.60 Å². The van der Waals surface area contributed by atoms with Crippen molar-refractivity contribution in [1.29, 1.82) is 0 Å². The summed E-state index contributed by atoms with van der Waals surface area (Å²) in [6.07, 6.45) is 4.12. The first-order valence-corrected chi connectivity index (χ1v) is 19.7. The van der Waals surface area contributed by atoms with E-state index in [0.29, 0.717) is 75.9 Å². The van der Waals surface area contributed by atoms with Crippen molar-refractivity contribution in [2.45, 2.75) is 67.2 Å². The van der Waals surface area contributed by atoms with E-state index in [1.54, 1.807) is 33.0 Å². The number of imidazole rings is 2. The number of nitrogens with two attached hydrogens (primary N) is 1. The van der Waals surface area contributed by atoms with Crippen LogP contribution < -0.4 is 25.8 Å². The van der Waals surface area contributed by atoms with Crippen LogP contribution in [-0.4, -0.2) is 86.5 Å². The van der Waals surface area contributed by atoms with Gasteiger partial charge >= 0.3 is 8.60 Å². The number of nitrogens with zero attached hydrogens (tertiary/aromatic N) is 8. The number of amides is 3. The summed E-state index contributed by atoms with van der Waals surface area (Å²) in [5, 5.41) is 14.7. The van der Waals surface area contributed by atoms with Crippen molar-refractivity contribution in [2.24, 2.45) is 5.73 Å². The number of allylic oxidation sites excluding steroid dienone is 2. The van der Waals surface area contributed by atoms with E-state index in [1.165, 1.54) is 19.2 Å². The maximum Gasteiger partial charge on any atom is 0.327 e. The molecule has 3 amide bonds. The maximum atomic E-state index is 13.7. The molecule has 19 nitrogen and oxygen atoms in total. The van der Waals surface area contributed by atoms with Gasteiger partial charge in [0.2, 0.25) is 17.8 Å². The lowest BCUT2D eigenvalue weighted by Crippen LogP contribution is -2.20. The topological polar surface area (TPSA) is 241 Å². The Balaban J connectivity index is 1.37. The minimum atomic E-state index is -2.47. The van der Waals surface area contributed by atoms with Crippen LogP contribution in [0.5, 0.6) is 11.5 Å². The normalized spacial score (nSPS) is 11.7. The van der Waals surface area contributed by atoms with Gasteiger partial charge in [-0.3, -0.25) is 34.4 Å². The highest BCUT2D eigenvalue weighted by Gasteiger charge is 2.23. The Bertz CT molecular complexity index is 2520. The van der Waals surface area contributed by atoms with Crippen LogP contribution in [0.2, 0.25) is 0 Å². The number of anilines is 2. The van der Waals surface area contributed by atoms with E-state index < -0.39 is 26.3 Å². The van der Waals surface area contributed by atoms with Crippen molar-refractivity contribution in [3.8, 4) is 11.5 Å². The number of hydrogen-bond acceptors (Lipinski definition) is 12. The zero-order valence-electron chi connectivity index (χ0n) is 33.0. The van der Waals surface area contributed by atoms with Gasteiger partial charge in [0, 0.05) is 38.2 Å². The molecule has 6 N–H and O–H groups in total. The van der Waals surface area contributed by atoms with Crippen molar-refractivity contribution in [2.75, 3.05) is 31.0 Å². The van der Waals surface area contributed by atoms with Gasteiger partial charge in [0.05, 0.1) is 42.7 Å². The summed E-state index contributed by atoms with van der Waals surface area (Å²) in [5.74, 6) is -0.194. The van der Waals surface area contributed by atoms with Crippen molar-refractivity contribution in [3.63, 3.8) is 0 Å². The summed E-state index contributed by atoms with van der Waals surface area (Å²) < 4.78 is 23.5. The molecule has 0 atom stereocenters. The van der Waals surface area contributed by atoms with Crippen molar-refractivity contribution < 1.29 is 38.2 Å². The van der Waals surface area contributed by atoms with E-state index in [2.05, 4.69) is 25.8 Å². The summed E-state index contributed by atoms with van der Waals surface area (Å²) in [6, 6.07) is 10.2. The Morgan fingerprint density at radius 3 is 1.81 bits per heavy atom. The van der Waals surface area contributed by atoms with E-state index in [9.17, 15) is 14.4 Å². The molecule has 6 rings (SSSR count). The first-order valence-electron chi connectivity index (χ1n) is 18.5. The van der Waals surface area contributed by atoms with Crippen LogP contribution in [-0.2, 0) is 30.7 Å². The van der Waals surface area contributed by atoms with Crippen molar-refractivity contribution in [3.05, 3.63) is 82.5 Å². The average Bonchev–Trinajstić information content (AvgIpc) is 3.94. The zero-order chi connectivity index (χ0) is 41.7. The van der Waals surface area contributed by atoms with Crippen molar-refractivity contribution in [1.82, 2.24) is 38.7 Å². The maximum absolute atomic E-state index is 13.7. The molecule has 306 valence electrons. The molecular weight excluding hydrogens is 769 g/mol. The molecule has 0 saturated carbocycles. The molecule has 0 radical (unpaired) electrons. The minimum absolute atomic E-state index is 0.0867. The van der Waals surface area contributed by atoms with E-state index >= 15 is 0 Å². The summed E-state index contributed by atoms with van der Waals surface area (Å²) >= 11 is 0. The smallest absolute Gasteiger partial charge is 0.327 e. The molecule has 0 aliphatic rings. The van der Waals surface area contributed by atoms with Gasteiger partial charge < -0.3 is 38.7 Å². The lowest BCUT2D eigenvalue weighted by Gasteiger charge is -2.13. The number of carbonyl (C=O) groups excluding carboxylic acids is 3. The first kappa shape index (κ1) is 41.5. The molecule has 2 aromatic carbocycles. The number of ether oxygens (including phenoxy) is 2. The summed E-state index contributed by atoms with van der Waals surface area (Å²) in [7, 11) is -1.01. The number of carbonyl (C=O) groups is 3. The molecule has 0 aliphatic heterocycles. The number of fused-ring (bicyclic) bond motifs is 2. The third-order valence-electron chi connectivity index (χ3n) is 9.08. The highest BCUT2D eigenvalue weighted by Crippen LogP contribution is 2.33. The van der Waals surface area contributed by atoms with E-state index in [1.807, 2.05) is 56.5 Å². The lowest BCUT2D eigenvalue weighted by atomic mass is 10.1. The summed E-state index contributed by atoms with van der Waals surface area (Å²) in [4.78, 5) is 67.2. The number of methoxy groups -OCH3 is 1. The fraction of sp³-hybridized carbons (Fsp3) is 0.342. The number of benzene rings is 2. The molecule has 0 bridgehead atoms. The van der Waals surface area contributed by atoms with Gasteiger partial charge in [-0.15, -0.1) is 0 Å². The minimum Gasteiger partial charge on any atom is -0.494 e.